The first-order valence-corrected chi connectivity index (χ1v) is 12.4. The highest BCUT2D eigenvalue weighted by atomic mass is 16.5. The van der Waals surface area contributed by atoms with E-state index in [0.717, 1.165) is 38.5 Å². The highest BCUT2D eigenvalue weighted by Crippen LogP contribution is 2.65. The van der Waals surface area contributed by atoms with Gasteiger partial charge in [-0.25, -0.2) is 4.79 Å². The van der Waals surface area contributed by atoms with Crippen LogP contribution in [0.25, 0.3) is 0 Å². The number of hydrogen-bond acceptors (Lipinski definition) is 4. The fourth-order valence-corrected chi connectivity index (χ4v) is 7.87. The zero-order valence-corrected chi connectivity index (χ0v) is 19.6. The van der Waals surface area contributed by atoms with Crippen molar-refractivity contribution in [2.45, 2.75) is 84.3 Å². The number of esters is 2. The third-order valence-corrected chi connectivity index (χ3v) is 9.56. The Bertz CT molecular complexity index is 921. The molecule has 4 aliphatic carbocycles. The van der Waals surface area contributed by atoms with Crippen molar-refractivity contribution in [2.75, 3.05) is 0 Å². The van der Waals surface area contributed by atoms with Crippen molar-refractivity contribution >= 4 is 11.9 Å². The molecule has 0 radical (unpaired) electrons. The zero-order chi connectivity index (χ0) is 22.5. The van der Waals surface area contributed by atoms with Gasteiger partial charge in [0.2, 0.25) is 0 Å². The van der Waals surface area contributed by atoms with Crippen LogP contribution in [-0.4, -0.2) is 24.1 Å². The summed E-state index contributed by atoms with van der Waals surface area (Å²) >= 11 is 0. The summed E-state index contributed by atoms with van der Waals surface area (Å²) in [5.74, 6) is 1.65. The first kappa shape index (κ1) is 21.7. The molecule has 0 N–H and O–H groups in total. The van der Waals surface area contributed by atoms with Crippen LogP contribution in [0.5, 0.6) is 0 Å². The van der Waals surface area contributed by atoms with Crippen LogP contribution >= 0.6 is 0 Å². The van der Waals surface area contributed by atoms with E-state index in [4.69, 9.17) is 9.47 Å². The van der Waals surface area contributed by atoms with Crippen molar-refractivity contribution in [3.63, 3.8) is 0 Å². The molecule has 7 atom stereocenters. The van der Waals surface area contributed by atoms with Crippen molar-refractivity contribution in [2.24, 2.45) is 28.6 Å². The van der Waals surface area contributed by atoms with Crippen LogP contribution < -0.4 is 0 Å². The molecule has 3 saturated carbocycles. The van der Waals surface area contributed by atoms with Crippen molar-refractivity contribution in [1.29, 1.82) is 0 Å². The number of ether oxygens (including phenoxy) is 2. The van der Waals surface area contributed by atoms with Gasteiger partial charge < -0.3 is 9.47 Å². The SMILES string of the molecule is CC(=O)O[C@@H]1CC[C@@H]2[C@H]3CC=C4C[C@@H](OC(=O)c5ccccc5)CC[C@]4(C)[C@@H]3CC[C@]21C. The number of allylic oxidation sites excluding steroid dienone is 1. The fourth-order valence-electron chi connectivity index (χ4n) is 7.87. The number of benzene rings is 1. The number of rotatable bonds is 3. The third-order valence-electron chi connectivity index (χ3n) is 9.56. The van der Waals surface area contributed by atoms with Crippen molar-refractivity contribution in [3.8, 4) is 0 Å². The Balaban J connectivity index is 1.31. The summed E-state index contributed by atoms with van der Waals surface area (Å²) in [5, 5.41) is 0. The molecule has 0 aromatic heterocycles. The molecule has 0 aliphatic heterocycles. The summed E-state index contributed by atoms with van der Waals surface area (Å²) in [7, 11) is 0. The second-order valence-corrected chi connectivity index (χ2v) is 11.1. The molecule has 1 aromatic rings. The average molecular weight is 437 g/mol. The van der Waals surface area contributed by atoms with Crippen LogP contribution in [0.15, 0.2) is 42.0 Å². The van der Waals surface area contributed by atoms with Gasteiger partial charge in [-0.15, -0.1) is 0 Å². The molecule has 4 aliphatic rings. The molecule has 4 nitrogen and oxygen atoms in total. The lowest BCUT2D eigenvalue weighted by atomic mass is 9.48. The first-order valence-electron chi connectivity index (χ1n) is 12.4. The highest BCUT2D eigenvalue weighted by Gasteiger charge is 2.59. The molecule has 0 bridgehead atoms. The van der Waals surface area contributed by atoms with Crippen molar-refractivity contribution in [3.05, 3.63) is 47.5 Å². The van der Waals surface area contributed by atoms with Gasteiger partial charge in [-0.05, 0) is 80.2 Å². The van der Waals surface area contributed by atoms with Gasteiger partial charge >= 0.3 is 11.9 Å². The second-order valence-electron chi connectivity index (χ2n) is 11.1. The Labute approximate surface area is 191 Å². The summed E-state index contributed by atoms with van der Waals surface area (Å²) < 4.78 is 11.7. The average Bonchev–Trinajstić information content (AvgIpc) is 3.10. The van der Waals surface area contributed by atoms with Crippen molar-refractivity contribution < 1.29 is 19.1 Å². The number of hydrogen-bond donors (Lipinski definition) is 0. The lowest BCUT2D eigenvalue weighted by Gasteiger charge is -2.57. The van der Waals surface area contributed by atoms with E-state index in [2.05, 4.69) is 19.9 Å². The summed E-state index contributed by atoms with van der Waals surface area (Å²) in [6.07, 6.45) is 11.1. The van der Waals surface area contributed by atoms with Gasteiger partial charge in [-0.1, -0.05) is 43.7 Å². The van der Waals surface area contributed by atoms with Crippen LogP contribution in [0, 0.1) is 28.6 Å². The number of carbonyl (C=O) groups is 2. The van der Waals surface area contributed by atoms with E-state index >= 15 is 0 Å². The van der Waals surface area contributed by atoms with Gasteiger partial charge in [-0.3, -0.25) is 4.79 Å². The molecule has 0 amide bonds. The van der Waals surface area contributed by atoms with E-state index in [-0.39, 0.29) is 35.0 Å². The fraction of sp³-hybridized carbons (Fsp3) is 0.643. The van der Waals surface area contributed by atoms with Gasteiger partial charge in [0, 0.05) is 18.8 Å². The molecule has 0 saturated heterocycles. The summed E-state index contributed by atoms with van der Waals surface area (Å²) in [5.41, 5.74) is 2.47. The molecule has 0 spiro atoms. The molecular weight excluding hydrogens is 400 g/mol. The topological polar surface area (TPSA) is 52.6 Å². The predicted octanol–water partition coefficient (Wildman–Crippen LogP) is 6.11. The predicted molar refractivity (Wildman–Crippen MR) is 123 cm³/mol. The van der Waals surface area contributed by atoms with E-state index in [1.54, 1.807) is 6.92 Å². The second kappa shape index (κ2) is 8.04. The van der Waals surface area contributed by atoms with Crippen LogP contribution in [0.1, 0.15) is 82.5 Å². The molecule has 1 aromatic carbocycles. The maximum Gasteiger partial charge on any atom is 0.338 e. The third kappa shape index (κ3) is 3.50. The molecule has 0 heterocycles. The Morgan fingerprint density at radius 1 is 0.938 bits per heavy atom. The van der Waals surface area contributed by atoms with Crippen LogP contribution in [-0.2, 0) is 14.3 Å². The minimum absolute atomic E-state index is 0.0211. The van der Waals surface area contributed by atoms with Crippen LogP contribution in [0.4, 0.5) is 0 Å². The first-order chi connectivity index (χ1) is 15.3. The maximum atomic E-state index is 12.6. The monoisotopic (exact) mass is 436 g/mol. The van der Waals surface area contributed by atoms with Gasteiger partial charge in [0.25, 0.3) is 0 Å². The minimum Gasteiger partial charge on any atom is -0.462 e. The van der Waals surface area contributed by atoms with Crippen LogP contribution in [0.3, 0.4) is 0 Å². The minimum atomic E-state index is -0.204. The van der Waals surface area contributed by atoms with Gasteiger partial charge in [-0.2, -0.15) is 0 Å². The molecule has 172 valence electrons. The Kier molecular flexibility index (Phi) is 5.46. The molecule has 3 fully saturated rings. The van der Waals surface area contributed by atoms with Crippen molar-refractivity contribution in [1.82, 2.24) is 0 Å². The maximum absolute atomic E-state index is 12.6. The molecular formula is C28H36O4. The van der Waals surface area contributed by atoms with E-state index < -0.39 is 0 Å². The zero-order valence-electron chi connectivity index (χ0n) is 19.6. The van der Waals surface area contributed by atoms with Crippen LogP contribution in [0.2, 0.25) is 0 Å². The molecule has 0 unspecified atom stereocenters. The van der Waals surface area contributed by atoms with E-state index in [1.807, 2.05) is 30.3 Å². The highest BCUT2D eigenvalue weighted by molar-refractivity contribution is 5.89. The largest absolute Gasteiger partial charge is 0.462 e. The lowest BCUT2D eigenvalue weighted by molar-refractivity contribution is -0.156. The quantitative estimate of drug-likeness (QED) is 0.424. The molecule has 5 rings (SSSR count). The standard InChI is InChI=1S/C28H36O4/c1-18(29)31-25-12-11-23-22-10-9-20-17-21(32-26(30)19-7-5-4-6-8-19)13-15-27(20,2)24(22)14-16-28(23,25)3/h4-9,21-25H,10-17H2,1-3H3/t21-,22+,23+,24+,25+,27-,28+/m0/s1. The van der Waals surface area contributed by atoms with Gasteiger partial charge in [0.1, 0.15) is 12.2 Å². The smallest absolute Gasteiger partial charge is 0.338 e. The number of fused-ring (bicyclic) bond motifs is 5. The van der Waals surface area contributed by atoms with E-state index in [0.29, 0.717) is 23.3 Å². The van der Waals surface area contributed by atoms with E-state index in [1.165, 1.54) is 18.4 Å². The summed E-state index contributed by atoms with van der Waals surface area (Å²) in [4.78, 5) is 24.2. The normalized spacial score (nSPS) is 40.3. The van der Waals surface area contributed by atoms with E-state index in [9.17, 15) is 9.59 Å². The van der Waals surface area contributed by atoms with Gasteiger partial charge in [0.05, 0.1) is 5.56 Å². The summed E-state index contributed by atoms with van der Waals surface area (Å²) in [6, 6.07) is 9.32. The Morgan fingerprint density at radius 2 is 1.72 bits per heavy atom. The Morgan fingerprint density at radius 3 is 2.47 bits per heavy atom. The number of carbonyl (C=O) groups excluding carboxylic acids is 2. The molecule has 4 heteroatoms. The molecule has 32 heavy (non-hydrogen) atoms. The summed E-state index contributed by atoms with van der Waals surface area (Å²) in [6.45, 7) is 6.38. The lowest BCUT2D eigenvalue weighted by Crippen LogP contribution is -2.51. The van der Waals surface area contributed by atoms with Gasteiger partial charge in [0.15, 0.2) is 0 Å². The Hall–Kier alpha value is -2.10.